The number of anilines is 2. The van der Waals surface area contributed by atoms with Crippen molar-refractivity contribution in [2.24, 2.45) is 5.92 Å². The molecule has 2 fully saturated rings. The standard InChI is InChI=1S/C21H23N3O4S/c25-20(15-6-7-15)22-17-4-3-5-18(14-17)23-21(26)16-8-10-19(11-9-16)29(27,28)24-12-1-2-13-24/h3-5,8-11,14-15H,1-2,6-7,12-13H2,(H,22,25)(H,23,26). The van der Waals surface area contributed by atoms with Crippen LogP contribution in [0.1, 0.15) is 36.0 Å². The van der Waals surface area contributed by atoms with Crippen LogP contribution in [-0.4, -0.2) is 37.6 Å². The van der Waals surface area contributed by atoms with Crippen LogP contribution in [0.25, 0.3) is 0 Å². The molecule has 2 N–H and O–H groups in total. The molecule has 0 bridgehead atoms. The van der Waals surface area contributed by atoms with Crippen molar-refractivity contribution in [3.63, 3.8) is 0 Å². The Kier molecular flexibility index (Phi) is 5.38. The Hall–Kier alpha value is -2.71. The van der Waals surface area contributed by atoms with Crippen molar-refractivity contribution in [2.75, 3.05) is 23.7 Å². The first-order chi connectivity index (χ1) is 13.9. The number of sulfonamides is 1. The van der Waals surface area contributed by atoms with Crippen LogP contribution in [0.5, 0.6) is 0 Å². The number of carbonyl (C=O) groups excluding carboxylic acids is 2. The third-order valence-electron chi connectivity index (χ3n) is 5.16. The van der Waals surface area contributed by atoms with Crippen molar-refractivity contribution in [1.29, 1.82) is 0 Å². The lowest BCUT2D eigenvalue weighted by Gasteiger charge is -2.15. The molecule has 0 atom stereocenters. The van der Waals surface area contributed by atoms with Gasteiger partial charge in [0.25, 0.3) is 5.91 Å². The van der Waals surface area contributed by atoms with Crippen LogP contribution in [0, 0.1) is 5.92 Å². The summed E-state index contributed by atoms with van der Waals surface area (Å²) in [4.78, 5) is 24.6. The molecule has 2 aliphatic rings. The summed E-state index contributed by atoms with van der Waals surface area (Å²) in [5.74, 6) is -0.243. The fraction of sp³-hybridized carbons (Fsp3) is 0.333. The van der Waals surface area contributed by atoms with E-state index in [1.807, 2.05) is 0 Å². The molecule has 1 aliphatic carbocycles. The normalized spacial score (nSPS) is 17.1. The van der Waals surface area contributed by atoms with E-state index in [1.165, 1.54) is 28.6 Å². The van der Waals surface area contributed by atoms with Gasteiger partial charge in [-0.25, -0.2) is 8.42 Å². The van der Waals surface area contributed by atoms with Crippen molar-refractivity contribution in [1.82, 2.24) is 4.31 Å². The summed E-state index contributed by atoms with van der Waals surface area (Å²) < 4.78 is 26.6. The number of amides is 2. The van der Waals surface area contributed by atoms with Gasteiger partial charge in [0.1, 0.15) is 0 Å². The Balaban J connectivity index is 1.42. The smallest absolute Gasteiger partial charge is 0.255 e. The fourth-order valence-electron chi connectivity index (χ4n) is 3.32. The first-order valence-corrected chi connectivity index (χ1v) is 11.2. The molecule has 0 spiro atoms. The molecule has 1 aliphatic heterocycles. The van der Waals surface area contributed by atoms with Gasteiger partial charge in [-0.05, 0) is 68.1 Å². The molecule has 1 heterocycles. The Bertz CT molecular complexity index is 1020. The highest BCUT2D eigenvalue weighted by molar-refractivity contribution is 7.89. The topological polar surface area (TPSA) is 95.6 Å². The zero-order valence-corrected chi connectivity index (χ0v) is 16.7. The highest BCUT2D eigenvalue weighted by atomic mass is 32.2. The Morgan fingerprint density at radius 1 is 0.897 bits per heavy atom. The summed E-state index contributed by atoms with van der Waals surface area (Å²) >= 11 is 0. The van der Waals surface area contributed by atoms with Crippen LogP contribution in [0.15, 0.2) is 53.4 Å². The first kappa shape index (κ1) is 19.6. The maximum atomic E-state index is 12.6. The second-order valence-corrected chi connectivity index (χ2v) is 9.37. The van der Waals surface area contributed by atoms with E-state index in [-0.39, 0.29) is 22.6 Å². The molecule has 0 aromatic heterocycles. The van der Waals surface area contributed by atoms with Gasteiger partial charge in [-0.3, -0.25) is 9.59 Å². The lowest BCUT2D eigenvalue weighted by molar-refractivity contribution is -0.117. The second kappa shape index (κ2) is 7.96. The molecule has 1 saturated carbocycles. The Labute approximate surface area is 170 Å². The van der Waals surface area contributed by atoms with E-state index in [4.69, 9.17) is 0 Å². The lowest BCUT2D eigenvalue weighted by atomic mass is 10.2. The largest absolute Gasteiger partial charge is 0.326 e. The zero-order valence-electron chi connectivity index (χ0n) is 15.9. The van der Waals surface area contributed by atoms with Gasteiger partial charge < -0.3 is 10.6 Å². The predicted octanol–water partition coefficient (Wildman–Crippen LogP) is 3.07. The van der Waals surface area contributed by atoms with Gasteiger partial charge in [-0.15, -0.1) is 0 Å². The quantitative estimate of drug-likeness (QED) is 0.761. The third-order valence-corrected chi connectivity index (χ3v) is 7.07. The monoisotopic (exact) mass is 413 g/mol. The van der Waals surface area contributed by atoms with Crippen LogP contribution >= 0.6 is 0 Å². The molecule has 8 heteroatoms. The maximum absolute atomic E-state index is 12.6. The van der Waals surface area contributed by atoms with Crippen LogP contribution in [0.4, 0.5) is 11.4 Å². The van der Waals surface area contributed by atoms with Crippen molar-refractivity contribution in [3.05, 3.63) is 54.1 Å². The van der Waals surface area contributed by atoms with E-state index >= 15 is 0 Å². The summed E-state index contributed by atoms with van der Waals surface area (Å²) in [7, 11) is -3.50. The minimum absolute atomic E-state index is 0.00303. The van der Waals surface area contributed by atoms with E-state index in [0.29, 0.717) is 30.0 Å². The van der Waals surface area contributed by atoms with Gasteiger partial charge >= 0.3 is 0 Å². The molecule has 152 valence electrons. The van der Waals surface area contributed by atoms with Crippen molar-refractivity contribution >= 4 is 33.2 Å². The zero-order chi connectivity index (χ0) is 20.4. The molecule has 2 aromatic carbocycles. The number of hydrogen-bond acceptors (Lipinski definition) is 4. The SMILES string of the molecule is O=C(Nc1cccc(NC(=O)C2CC2)c1)c1ccc(S(=O)(=O)N2CCCC2)cc1. The highest BCUT2D eigenvalue weighted by Crippen LogP contribution is 2.30. The molecule has 0 radical (unpaired) electrons. The Morgan fingerprint density at radius 3 is 2.14 bits per heavy atom. The molecule has 0 unspecified atom stereocenters. The summed E-state index contributed by atoms with van der Waals surface area (Å²) in [6.07, 6.45) is 3.59. The van der Waals surface area contributed by atoms with Gasteiger partial charge in [0.2, 0.25) is 15.9 Å². The van der Waals surface area contributed by atoms with Gasteiger partial charge in [-0.1, -0.05) is 6.07 Å². The van der Waals surface area contributed by atoms with Crippen molar-refractivity contribution in [2.45, 2.75) is 30.6 Å². The second-order valence-electron chi connectivity index (χ2n) is 7.43. The van der Waals surface area contributed by atoms with Crippen LogP contribution < -0.4 is 10.6 Å². The molecular formula is C21H23N3O4S. The molecule has 1 saturated heterocycles. The number of hydrogen-bond donors (Lipinski definition) is 2. The molecule has 2 amide bonds. The fourth-order valence-corrected chi connectivity index (χ4v) is 4.84. The van der Waals surface area contributed by atoms with E-state index in [0.717, 1.165) is 25.7 Å². The maximum Gasteiger partial charge on any atom is 0.255 e. The molecule has 4 rings (SSSR count). The highest BCUT2D eigenvalue weighted by Gasteiger charge is 2.29. The van der Waals surface area contributed by atoms with Gasteiger partial charge in [0, 0.05) is 35.9 Å². The van der Waals surface area contributed by atoms with Crippen molar-refractivity contribution < 1.29 is 18.0 Å². The number of nitrogens with one attached hydrogen (secondary N) is 2. The third kappa shape index (κ3) is 4.49. The average molecular weight is 413 g/mol. The molecular weight excluding hydrogens is 390 g/mol. The lowest BCUT2D eigenvalue weighted by Crippen LogP contribution is -2.27. The van der Waals surface area contributed by atoms with E-state index in [9.17, 15) is 18.0 Å². The van der Waals surface area contributed by atoms with Gasteiger partial charge in [-0.2, -0.15) is 4.31 Å². The van der Waals surface area contributed by atoms with Gasteiger partial charge in [0.15, 0.2) is 0 Å². The average Bonchev–Trinajstić information content (AvgIpc) is 3.42. The summed E-state index contributed by atoms with van der Waals surface area (Å²) in [6.45, 7) is 1.08. The summed E-state index contributed by atoms with van der Waals surface area (Å²) in [6, 6.07) is 12.9. The first-order valence-electron chi connectivity index (χ1n) is 9.76. The molecule has 2 aromatic rings. The predicted molar refractivity (Wildman–Crippen MR) is 110 cm³/mol. The molecule has 7 nitrogen and oxygen atoms in total. The van der Waals surface area contributed by atoms with Crippen molar-refractivity contribution in [3.8, 4) is 0 Å². The molecule has 29 heavy (non-hydrogen) atoms. The minimum Gasteiger partial charge on any atom is -0.326 e. The van der Waals surface area contributed by atoms with Crippen LogP contribution in [0.2, 0.25) is 0 Å². The van der Waals surface area contributed by atoms with Gasteiger partial charge in [0.05, 0.1) is 4.90 Å². The van der Waals surface area contributed by atoms with E-state index in [1.54, 1.807) is 24.3 Å². The van der Waals surface area contributed by atoms with E-state index in [2.05, 4.69) is 10.6 Å². The number of nitrogens with zero attached hydrogens (tertiary/aromatic N) is 1. The Morgan fingerprint density at radius 2 is 1.52 bits per heavy atom. The number of carbonyl (C=O) groups is 2. The number of rotatable bonds is 6. The van der Waals surface area contributed by atoms with Crippen LogP contribution in [0.3, 0.4) is 0 Å². The minimum atomic E-state index is -3.50. The van der Waals surface area contributed by atoms with E-state index < -0.39 is 10.0 Å². The summed E-state index contributed by atoms with van der Waals surface area (Å²) in [5.41, 5.74) is 1.54. The number of benzene rings is 2. The van der Waals surface area contributed by atoms with Crippen LogP contribution in [-0.2, 0) is 14.8 Å². The summed E-state index contributed by atoms with van der Waals surface area (Å²) in [5, 5.41) is 5.63.